The maximum Gasteiger partial charge on any atom is 0.288 e. The van der Waals surface area contributed by atoms with Crippen molar-refractivity contribution in [3.05, 3.63) is 60.3 Å². The third-order valence-electron chi connectivity index (χ3n) is 2.54. The lowest BCUT2D eigenvalue weighted by atomic mass is 10.2. The summed E-state index contributed by atoms with van der Waals surface area (Å²) >= 11 is 3.75. The number of pyridine rings is 1. The van der Waals surface area contributed by atoms with Crippen LogP contribution in [0.25, 0.3) is 0 Å². The predicted octanol–water partition coefficient (Wildman–Crippen LogP) is 3.11. The maximum atomic E-state index is 3.49. The van der Waals surface area contributed by atoms with Crippen molar-refractivity contribution in [2.75, 3.05) is 5.32 Å². The third kappa shape index (κ3) is 2.58. The summed E-state index contributed by atoms with van der Waals surface area (Å²) in [5.74, 6) is 2.23. The van der Waals surface area contributed by atoms with Gasteiger partial charge in [0.1, 0.15) is 18.1 Å². The van der Waals surface area contributed by atoms with Gasteiger partial charge >= 0.3 is 0 Å². The Labute approximate surface area is 110 Å². The van der Waals surface area contributed by atoms with Crippen LogP contribution < -0.4 is 9.29 Å². The van der Waals surface area contributed by atoms with Gasteiger partial charge in [0.05, 0.1) is 0 Å². The summed E-state index contributed by atoms with van der Waals surface area (Å²) in [5.41, 5.74) is 1.38. The topological polar surface area (TPSA) is 15.9 Å². The van der Waals surface area contributed by atoms with Gasteiger partial charge in [-0.25, -0.2) is 5.32 Å². The van der Waals surface area contributed by atoms with Crippen molar-refractivity contribution in [2.45, 2.75) is 10.5 Å². The molecule has 86 valence electrons. The number of rotatable bonds is 3. The number of hydrogen-bond acceptors (Lipinski definition) is 3. The number of anilines is 1. The first-order valence-electron chi connectivity index (χ1n) is 5.52. The normalized spacial score (nSPS) is 17.5. The first kappa shape index (κ1) is 11.0. The molecule has 0 saturated carbocycles. The lowest BCUT2D eigenvalue weighted by Crippen LogP contribution is -2.20. The van der Waals surface area contributed by atoms with Gasteiger partial charge in [0, 0.05) is 11.8 Å². The highest BCUT2D eigenvalue weighted by Gasteiger charge is 2.29. The fourth-order valence-electron chi connectivity index (χ4n) is 1.70. The van der Waals surface area contributed by atoms with Crippen LogP contribution in [-0.2, 0) is 5.75 Å². The number of hydrogen-bond donors (Lipinski definition) is 1. The second kappa shape index (κ2) is 5.02. The second-order valence-corrected chi connectivity index (χ2v) is 6.26. The number of nitrogens with zero attached hydrogens (tertiary/aromatic N) is 1. The summed E-state index contributed by atoms with van der Waals surface area (Å²) < 4.78 is 2.58. The average molecular weight is 261 g/mol. The van der Waals surface area contributed by atoms with Gasteiger partial charge < -0.3 is 0 Å². The van der Waals surface area contributed by atoms with Gasteiger partial charge in [-0.3, -0.25) is 0 Å². The first-order chi connectivity index (χ1) is 8.42. The molecule has 17 heavy (non-hydrogen) atoms. The van der Waals surface area contributed by atoms with Gasteiger partial charge in [-0.2, -0.15) is 3.97 Å². The maximum absolute atomic E-state index is 3.49. The van der Waals surface area contributed by atoms with E-state index < -0.39 is 0 Å². The van der Waals surface area contributed by atoms with Crippen LogP contribution in [0.2, 0.25) is 0 Å². The Morgan fingerprint density at radius 3 is 2.76 bits per heavy atom. The van der Waals surface area contributed by atoms with Crippen LogP contribution in [0, 0.1) is 0 Å². The molecule has 1 unspecified atom stereocenters. The largest absolute Gasteiger partial charge is 0.288 e. The molecule has 0 aliphatic carbocycles. The van der Waals surface area contributed by atoms with Crippen LogP contribution in [0.3, 0.4) is 0 Å². The molecule has 0 amide bonds. The lowest BCUT2D eigenvalue weighted by Gasteiger charge is -2.03. The van der Waals surface area contributed by atoms with Crippen molar-refractivity contribution in [1.29, 1.82) is 0 Å². The first-order valence-corrected chi connectivity index (χ1v) is 7.40. The Balaban J connectivity index is 1.59. The van der Waals surface area contributed by atoms with Crippen molar-refractivity contribution in [3.63, 3.8) is 0 Å². The zero-order valence-electron chi connectivity index (χ0n) is 9.24. The highest BCUT2D eigenvalue weighted by Crippen LogP contribution is 2.30. The van der Waals surface area contributed by atoms with Crippen LogP contribution in [0.5, 0.6) is 0 Å². The molecular formula is C13H13N2S2+. The van der Waals surface area contributed by atoms with Crippen LogP contribution >= 0.6 is 23.7 Å². The van der Waals surface area contributed by atoms with E-state index in [-0.39, 0.29) is 0 Å². The molecule has 3 rings (SSSR count). The highest BCUT2D eigenvalue weighted by atomic mass is 32.2. The molecule has 0 bridgehead atoms. The number of thioether (sulfide) groups is 1. The molecule has 2 heterocycles. The van der Waals surface area contributed by atoms with E-state index in [0.717, 1.165) is 5.75 Å². The lowest BCUT2D eigenvalue weighted by molar-refractivity contribution is -0.473. The van der Waals surface area contributed by atoms with Crippen molar-refractivity contribution in [3.8, 4) is 0 Å². The summed E-state index contributed by atoms with van der Waals surface area (Å²) in [7, 11) is 0. The van der Waals surface area contributed by atoms with Gasteiger partial charge in [0.15, 0.2) is 0 Å². The minimum Gasteiger partial charge on any atom is -0.249 e. The number of aromatic nitrogens is 1. The molecule has 1 aromatic carbocycles. The van der Waals surface area contributed by atoms with E-state index in [0.29, 0.717) is 4.71 Å². The standard InChI is InChI=1S/C13H12N2S2/c1-2-6-11(7-3-1)10-16-13-14-12-8-4-5-9-15(12)17-13/h1-9,13H,10H2/p+1. The molecule has 2 aromatic rings. The Hall–Kier alpha value is -1.13. The molecule has 0 fully saturated rings. The zero-order valence-corrected chi connectivity index (χ0v) is 10.9. The van der Waals surface area contributed by atoms with Gasteiger partial charge in [-0.15, -0.1) is 0 Å². The summed E-state index contributed by atoms with van der Waals surface area (Å²) in [6.07, 6.45) is 2.09. The van der Waals surface area contributed by atoms with Gasteiger partial charge in [0.2, 0.25) is 4.71 Å². The minimum atomic E-state index is 0.401. The van der Waals surface area contributed by atoms with E-state index in [2.05, 4.69) is 64.0 Å². The van der Waals surface area contributed by atoms with Gasteiger partial charge in [0.25, 0.3) is 5.82 Å². The van der Waals surface area contributed by atoms with Crippen molar-refractivity contribution in [1.82, 2.24) is 0 Å². The monoisotopic (exact) mass is 261 g/mol. The predicted molar refractivity (Wildman–Crippen MR) is 74.8 cm³/mol. The fraction of sp³-hybridized carbons (Fsp3) is 0.154. The van der Waals surface area contributed by atoms with E-state index in [1.165, 1.54) is 11.4 Å². The van der Waals surface area contributed by atoms with Crippen LogP contribution in [0.4, 0.5) is 5.82 Å². The Kier molecular flexibility index (Phi) is 3.25. The van der Waals surface area contributed by atoms with Crippen molar-refractivity contribution < 1.29 is 3.97 Å². The van der Waals surface area contributed by atoms with Gasteiger partial charge in [-0.1, -0.05) is 48.2 Å². The molecule has 1 aliphatic rings. The molecule has 0 spiro atoms. The molecule has 1 atom stereocenters. The van der Waals surface area contributed by atoms with E-state index in [4.69, 9.17) is 0 Å². The zero-order chi connectivity index (χ0) is 11.5. The molecular weight excluding hydrogens is 248 g/mol. The third-order valence-corrected chi connectivity index (χ3v) is 4.99. The van der Waals surface area contributed by atoms with Crippen LogP contribution in [0.1, 0.15) is 5.56 Å². The second-order valence-electron chi connectivity index (χ2n) is 3.79. The molecule has 2 nitrogen and oxygen atoms in total. The number of nitrogens with one attached hydrogen (secondary N) is 1. The van der Waals surface area contributed by atoms with Crippen LogP contribution in [0.15, 0.2) is 54.7 Å². The quantitative estimate of drug-likeness (QED) is 0.855. The van der Waals surface area contributed by atoms with E-state index in [9.17, 15) is 0 Å². The number of benzene rings is 1. The van der Waals surface area contributed by atoms with Crippen molar-refractivity contribution in [2.24, 2.45) is 0 Å². The Morgan fingerprint density at radius 2 is 1.94 bits per heavy atom. The smallest absolute Gasteiger partial charge is 0.249 e. The molecule has 1 aliphatic heterocycles. The van der Waals surface area contributed by atoms with Crippen LogP contribution in [-0.4, -0.2) is 4.71 Å². The van der Waals surface area contributed by atoms with Gasteiger partial charge in [-0.05, 0) is 11.6 Å². The molecule has 4 heteroatoms. The SMILES string of the molecule is c1ccc(CSC2Nc3cccc[n+]3S2)cc1. The molecule has 0 saturated heterocycles. The number of fused-ring (bicyclic) bond motifs is 1. The summed E-state index contributed by atoms with van der Waals surface area (Å²) in [6, 6.07) is 16.8. The summed E-state index contributed by atoms with van der Waals surface area (Å²) in [4.78, 5) is 0. The fourth-order valence-corrected chi connectivity index (χ4v) is 3.91. The van der Waals surface area contributed by atoms with E-state index in [1.54, 1.807) is 0 Å². The van der Waals surface area contributed by atoms with Crippen molar-refractivity contribution >= 4 is 29.5 Å². The summed E-state index contributed by atoms with van der Waals surface area (Å²) in [6.45, 7) is 0. The minimum absolute atomic E-state index is 0.401. The Bertz CT molecular complexity index is 477. The van der Waals surface area contributed by atoms with E-state index in [1.807, 2.05) is 23.7 Å². The van der Waals surface area contributed by atoms with E-state index >= 15 is 0 Å². The molecule has 1 N–H and O–H groups in total. The Morgan fingerprint density at radius 1 is 1.12 bits per heavy atom. The summed E-state index contributed by atoms with van der Waals surface area (Å²) in [5, 5.41) is 3.49. The highest BCUT2D eigenvalue weighted by molar-refractivity contribution is 8.14. The average Bonchev–Trinajstić information content (AvgIpc) is 2.80. The molecule has 1 aromatic heterocycles. The molecule has 0 radical (unpaired) electrons.